The Balaban J connectivity index is 1.24. The number of rotatable bonds is 7. The van der Waals surface area contributed by atoms with Gasteiger partial charge in [-0.25, -0.2) is 0 Å². The number of benzene rings is 1. The number of pyridine rings is 1. The highest BCUT2D eigenvalue weighted by Gasteiger charge is 2.30. The Bertz CT molecular complexity index is 1120. The number of nitrogens with zero attached hydrogens (tertiary/aromatic N) is 6. The topological polar surface area (TPSA) is 67.2 Å². The number of anilines is 1. The van der Waals surface area contributed by atoms with Crippen LogP contribution in [0.5, 0.6) is 0 Å². The molecule has 1 aromatic carbocycles. The summed E-state index contributed by atoms with van der Waals surface area (Å²) >= 11 is 1.71. The second-order valence-corrected chi connectivity index (χ2v) is 10.0. The van der Waals surface area contributed by atoms with Gasteiger partial charge in [-0.1, -0.05) is 36.0 Å². The van der Waals surface area contributed by atoms with Crippen molar-refractivity contribution < 1.29 is 4.79 Å². The average Bonchev–Trinajstić information content (AvgIpc) is 3.31. The highest BCUT2D eigenvalue weighted by molar-refractivity contribution is 7.98. The molecule has 7 nitrogen and oxygen atoms in total. The molecule has 0 spiro atoms. The SMILES string of the molecule is CCn1c(SCc2cccnc2)nnc1C1CCCN(CC(=O)N2CCCc3ccccc32)C1. The van der Waals surface area contributed by atoms with Crippen LogP contribution in [0.4, 0.5) is 5.69 Å². The molecule has 2 aromatic heterocycles. The average molecular weight is 477 g/mol. The maximum absolute atomic E-state index is 13.3. The third kappa shape index (κ3) is 5.03. The van der Waals surface area contributed by atoms with Crippen LogP contribution in [0.25, 0.3) is 0 Å². The Labute approximate surface area is 205 Å². The van der Waals surface area contributed by atoms with Crippen LogP contribution in [0.1, 0.15) is 49.1 Å². The predicted molar refractivity (Wildman–Crippen MR) is 135 cm³/mol. The van der Waals surface area contributed by atoms with Gasteiger partial charge in [0.15, 0.2) is 5.16 Å². The third-order valence-electron chi connectivity index (χ3n) is 6.79. The molecule has 34 heavy (non-hydrogen) atoms. The van der Waals surface area contributed by atoms with E-state index in [-0.39, 0.29) is 5.91 Å². The number of hydrogen-bond acceptors (Lipinski definition) is 6. The van der Waals surface area contributed by atoms with Crippen molar-refractivity contribution in [2.24, 2.45) is 0 Å². The Morgan fingerprint density at radius 1 is 1.12 bits per heavy atom. The van der Waals surface area contributed by atoms with Crippen molar-refractivity contribution in [1.29, 1.82) is 0 Å². The van der Waals surface area contributed by atoms with Crippen LogP contribution >= 0.6 is 11.8 Å². The van der Waals surface area contributed by atoms with E-state index in [1.165, 1.54) is 11.1 Å². The lowest BCUT2D eigenvalue weighted by atomic mass is 9.97. The van der Waals surface area contributed by atoms with Gasteiger partial charge in [0.25, 0.3) is 0 Å². The molecular formula is C26H32N6OS. The van der Waals surface area contributed by atoms with Crippen molar-refractivity contribution in [3.63, 3.8) is 0 Å². The maximum atomic E-state index is 13.3. The van der Waals surface area contributed by atoms with Gasteiger partial charge in [-0.3, -0.25) is 14.7 Å². The summed E-state index contributed by atoms with van der Waals surface area (Å²) in [6.45, 7) is 6.09. The van der Waals surface area contributed by atoms with E-state index in [1.54, 1.807) is 18.0 Å². The van der Waals surface area contributed by atoms with Gasteiger partial charge in [0.2, 0.25) is 5.91 Å². The van der Waals surface area contributed by atoms with Crippen molar-refractivity contribution in [3.8, 4) is 0 Å². The molecule has 0 aliphatic carbocycles. The summed E-state index contributed by atoms with van der Waals surface area (Å²) in [5, 5.41) is 10.1. The first-order chi connectivity index (χ1) is 16.7. The van der Waals surface area contributed by atoms with Gasteiger partial charge in [-0.2, -0.15) is 0 Å². The molecule has 1 atom stereocenters. The number of amides is 1. The van der Waals surface area contributed by atoms with Gasteiger partial charge in [0.1, 0.15) is 5.82 Å². The Morgan fingerprint density at radius 2 is 2.03 bits per heavy atom. The second kappa shape index (κ2) is 10.7. The van der Waals surface area contributed by atoms with Gasteiger partial charge in [-0.15, -0.1) is 10.2 Å². The largest absolute Gasteiger partial charge is 0.311 e. The minimum Gasteiger partial charge on any atom is -0.311 e. The minimum atomic E-state index is 0.206. The highest BCUT2D eigenvalue weighted by atomic mass is 32.2. The summed E-state index contributed by atoms with van der Waals surface area (Å²) in [4.78, 5) is 21.8. The normalized spacial score (nSPS) is 18.6. The number of carbonyl (C=O) groups excluding carboxylic acids is 1. The number of carbonyl (C=O) groups is 1. The van der Waals surface area contributed by atoms with E-state index in [2.05, 4.69) is 55.8 Å². The molecule has 0 N–H and O–H groups in total. The molecule has 3 aromatic rings. The summed E-state index contributed by atoms with van der Waals surface area (Å²) in [7, 11) is 0. The molecule has 0 radical (unpaired) electrons. The van der Waals surface area contributed by atoms with E-state index in [0.717, 1.165) is 74.3 Å². The lowest BCUT2D eigenvalue weighted by Crippen LogP contribution is -2.45. The fourth-order valence-electron chi connectivity index (χ4n) is 5.12. The quantitative estimate of drug-likeness (QED) is 0.478. The van der Waals surface area contributed by atoms with Crippen LogP contribution in [-0.2, 0) is 23.5 Å². The zero-order valence-electron chi connectivity index (χ0n) is 19.8. The van der Waals surface area contributed by atoms with Crippen LogP contribution in [0.3, 0.4) is 0 Å². The van der Waals surface area contributed by atoms with Gasteiger partial charge in [0.05, 0.1) is 6.54 Å². The zero-order valence-corrected chi connectivity index (χ0v) is 20.6. The van der Waals surface area contributed by atoms with Crippen molar-refractivity contribution >= 4 is 23.4 Å². The molecule has 4 heterocycles. The monoisotopic (exact) mass is 476 g/mol. The lowest BCUT2D eigenvalue weighted by molar-refractivity contribution is -0.120. The standard InChI is InChI=1S/C26H32N6OS/c1-2-31-25(28-29-26(31)34-19-20-8-5-13-27-16-20)22-11-6-14-30(17-22)18-24(33)32-15-7-10-21-9-3-4-12-23(21)32/h3-5,8-9,12-13,16,22H,2,6-7,10-11,14-15,17-19H2,1H3. The number of piperidine rings is 1. The van der Waals surface area contributed by atoms with Crippen LogP contribution < -0.4 is 4.90 Å². The molecule has 2 aliphatic heterocycles. The van der Waals surface area contributed by atoms with E-state index < -0.39 is 0 Å². The molecule has 2 aliphatic rings. The van der Waals surface area contributed by atoms with Gasteiger partial charge in [-0.05, 0) is 62.4 Å². The molecule has 8 heteroatoms. The number of thioether (sulfide) groups is 1. The van der Waals surface area contributed by atoms with E-state index in [4.69, 9.17) is 0 Å². The fourth-order valence-corrected chi connectivity index (χ4v) is 6.06. The first kappa shape index (κ1) is 23.1. The number of likely N-dealkylation sites (tertiary alicyclic amines) is 1. The van der Waals surface area contributed by atoms with Crippen molar-refractivity contribution in [3.05, 3.63) is 65.7 Å². The molecular weight excluding hydrogens is 444 g/mol. The number of para-hydroxylation sites is 1. The predicted octanol–water partition coefficient (Wildman–Crippen LogP) is 4.14. The smallest absolute Gasteiger partial charge is 0.241 e. The summed E-state index contributed by atoms with van der Waals surface area (Å²) in [6, 6.07) is 12.4. The summed E-state index contributed by atoms with van der Waals surface area (Å²) in [5.41, 5.74) is 3.56. The molecule has 1 saturated heterocycles. The third-order valence-corrected chi connectivity index (χ3v) is 7.83. The number of fused-ring (bicyclic) bond motifs is 1. The summed E-state index contributed by atoms with van der Waals surface area (Å²) in [5.74, 6) is 2.39. The van der Waals surface area contributed by atoms with Crippen LogP contribution in [0.15, 0.2) is 53.9 Å². The minimum absolute atomic E-state index is 0.206. The van der Waals surface area contributed by atoms with Gasteiger partial charge < -0.3 is 9.47 Å². The lowest BCUT2D eigenvalue weighted by Gasteiger charge is -2.35. The van der Waals surface area contributed by atoms with Crippen LogP contribution in [0, 0.1) is 0 Å². The summed E-state index contributed by atoms with van der Waals surface area (Å²) in [6.07, 6.45) is 7.94. The highest BCUT2D eigenvalue weighted by Crippen LogP contribution is 2.31. The molecule has 5 rings (SSSR count). The number of hydrogen-bond donors (Lipinski definition) is 0. The second-order valence-electron chi connectivity index (χ2n) is 9.09. The van der Waals surface area contributed by atoms with Gasteiger partial charge >= 0.3 is 0 Å². The van der Waals surface area contributed by atoms with Gasteiger partial charge in [0, 0.05) is 49.4 Å². The first-order valence-electron chi connectivity index (χ1n) is 12.3. The zero-order chi connectivity index (χ0) is 23.3. The van der Waals surface area contributed by atoms with Crippen LogP contribution in [0.2, 0.25) is 0 Å². The Kier molecular flexibility index (Phi) is 7.25. The molecule has 1 unspecified atom stereocenters. The van der Waals surface area contributed by atoms with E-state index in [0.29, 0.717) is 12.5 Å². The van der Waals surface area contributed by atoms with E-state index in [9.17, 15) is 4.79 Å². The molecule has 0 bridgehead atoms. The van der Waals surface area contributed by atoms with Crippen LogP contribution in [-0.4, -0.2) is 56.7 Å². The first-order valence-corrected chi connectivity index (χ1v) is 13.3. The fraction of sp³-hybridized carbons (Fsp3) is 0.462. The molecule has 178 valence electrons. The molecule has 0 saturated carbocycles. The van der Waals surface area contributed by atoms with Crippen molar-refractivity contribution in [2.45, 2.75) is 56.0 Å². The molecule has 1 fully saturated rings. The van der Waals surface area contributed by atoms with E-state index in [1.807, 2.05) is 23.2 Å². The van der Waals surface area contributed by atoms with E-state index >= 15 is 0 Å². The number of aromatic nitrogens is 4. The maximum Gasteiger partial charge on any atom is 0.241 e. The Morgan fingerprint density at radius 3 is 2.88 bits per heavy atom. The Hall–Kier alpha value is -2.71. The molecule has 1 amide bonds. The number of aryl methyl sites for hydroxylation is 1. The van der Waals surface area contributed by atoms with Crippen molar-refractivity contribution in [1.82, 2.24) is 24.6 Å². The van der Waals surface area contributed by atoms with Crippen molar-refractivity contribution in [2.75, 3.05) is 31.1 Å². The summed E-state index contributed by atoms with van der Waals surface area (Å²) < 4.78 is 2.25.